The lowest BCUT2D eigenvalue weighted by Gasteiger charge is -2.21. The van der Waals surface area contributed by atoms with Crippen molar-refractivity contribution in [1.29, 1.82) is 0 Å². The van der Waals surface area contributed by atoms with Gasteiger partial charge in [-0.25, -0.2) is 4.79 Å². The molecule has 0 unspecified atom stereocenters. The molecule has 0 aliphatic heterocycles. The van der Waals surface area contributed by atoms with E-state index in [4.69, 9.17) is 0 Å². The van der Waals surface area contributed by atoms with E-state index in [0.717, 1.165) is 5.56 Å². The van der Waals surface area contributed by atoms with E-state index in [1.54, 1.807) is 32.2 Å². The first-order valence-electron chi connectivity index (χ1n) is 6.15. The van der Waals surface area contributed by atoms with Gasteiger partial charge < -0.3 is 16.0 Å². The number of carbonyl (C=O) groups excluding carboxylic acids is 2. The Hall–Kier alpha value is -2.04. The van der Waals surface area contributed by atoms with Crippen molar-refractivity contribution < 1.29 is 9.59 Å². The Morgan fingerprint density at radius 2 is 1.79 bits per heavy atom. The van der Waals surface area contributed by atoms with Crippen LogP contribution >= 0.6 is 0 Å². The summed E-state index contributed by atoms with van der Waals surface area (Å²) in [5.74, 6) is -0.169. The van der Waals surface area contributed by atoms with Crippen LogP contribution in [0.2, 0.25) is 0 Å². The smallest absolute Gasteiger partial charge is 0.319 e. The van der Waals surface area contributed by atoms with Gasteiger partial charge in [0.1, 0.15) is 0 Å². The first kappa shape index (κ1) is 15.0. The molecule has 0 aromatic heterocycles. The molecule has 5 nitrogen and oxygen atoms in total. The van der Waals surface area contributed by atoms with Gasteiger partial charge in [0.05, 0.1) is 0 Å². The van der Waals surface area contributed by atoms with Gasteiger partial charge in [-0.15, -0.1) is 0 Å². The summed E-state index contributed by atoms with van der Waals surface area (Å²) in [6.45, 7) is 7.51. The van der Waals surface area contributed by atoms with Crippen LogP contribution in [0.4, 0.5) is 10.5 Å². The van der Waals surface area contributed by atoms with Crippen LogP contribution in [0.1, 0.15) is 36.7 Å². The number of carbonyl (C=O) groups is 2. The van der Waals surface area contributed by atoms with E-state index in [9.17, 15) is 9.59 Å². The second-order valence-electron chi connectivity index (χ2n) is 5.39. The number of rotatable bonds is 2. The van der Waals surface area contributed by atoms with Gasteiger partial charge in [0.15, 0.2) is 0 Å². The highest BCUT2D eigenvalue weighted by Crippen LogP contribution is 2.19. The van der Waals surface area contributed by atoms with E-state index in [1.807, 2.05) is 20.8 Å². The molecule has 1 aromatic rings. The van der Waals surface area contributed by atoms with E-state index >= 15 is 0 Å². The van der Waals surface area contributed by atoms with Crippen LogP contribution in [0.25, 0.3) is 0 Å². The van der Waals surface area contributed by atoms with E-state index in [-0.39, 0.29) is 17.5 Å². The maximum atomic E-state index is 11.8. The fraction of sp³-hybridized carbons (Fsp3) is 0.429. The summed E-state index contributed by atoms with van der Waals surface area (Å²) in [6, 6.07) is 4.94. The molecular formula is C14H21N3O2. The zero-order valence-electron chi connectivity index (χ0n) is 12.0. The Labute approximate surface area is 113 Å². The van der Waals surface area contributed by atoms with Crippen LogP contribution in [0.3, 0.4) is 0 Å². The number of anilines is 1. The summed E-state index contributed by atoms with van der Waals surface area (Å²) in [7, 11) is 1.58. The lowest BCUT2D eigenvalue weighted by molar-refractivity contribution is 0.0962. The highest BCUT2D eigenvalue weighted by molar-refractivity contribution is 5.99. The minimum absolute atomic E-state index is 0.169. The van der Waals surface area contributed by atoms with Crippen molar-refractivity contribution in [2.24, 2.45) is 0 Å². The molecule has 1 aromatic carbocycles. The summed E-state index contributed by atoms with van der Waals surface area (Å²) < 4.78 is 0. The summed E-state index contributed by atoms with van der Waals surface area (Å²) >= 11 is 0. The second-order valence-corrected chi connectivity index (χ2v) is 5.39. The number of hydrogen-bond acceptors (Lipinski definition) is 2. The lowest BCUT2D eigenvalue weighted by atomic mass is 10.1. The van der Waals surface area contributed by atoms with Gasteiger partial charge in [-0.3, -0.25) is 4.79 Å². The predicted octanol–water partition coefficient (Wildman–Crippen LogP) is 2.27. The number of hydrogen-bond donors (Lipinski definition) is 3. The average molecular weight is 263 g/mol. The third-order valence-electron chi connectivity index (χ3n) is 2.54. The fourth-order valence-electron chi connectivity index (χ4n) is 1.65. The molecule has 3 amide bonds. The van der Waals surface area contributed by atoms with Crippen molar-refractivity contribution >= 4 is 17.6 Å². The minimum Gasteiger partial charge on any atom is -0.355 e. The predicted molar refractivity (Wildman–Crippen MR) is 76.5 cm³/mol. The first-order chi connectivity index (χ1) is 8.74. The number of amides is 3. The molecule has 0 saturated heterocycles. The van der Waals surface area contributed by atoms with Crippen LogP contribution < -0.4 is 16.0 Å². The van der Waals surface area contributed by atoms with E-state index in [2.05, 4.69) is 16.0 Å². The standard InChI is InChI=1S/C14H21N3O2/c1-9-10(12(18)15-5)7-6-8-11(9)16-13(19)17-14(2,3)4/h6-8H,1-5H3,(H,15,18)(H2,16,17,19). The fourth-order valence-corrected chi connectivity index (χ4v) is 1.65. The monoisotopic (exact) mass is 263 g/mol. The Morgan fingerprint density at radius 1 is 1.16 bits per heavy atom. The van der Waals surface area contributed by atoms with Crippen LogP contribution in [-0.2, 0) is 0 Å². The van der Waals surface area contributed by atoms with Crippen LogP contribution in [0.5, 0.6) is 0 Å². The van der Waals surface area contributed by atoms with E-state index < -0.39 is 0 Å². The second kappa shape index (κ2) is 5.73. The first-order valence-corrected chi connectivity index (χ1v) is 6.15. The van der Waals surface area contributed by atoms with Crippen molar-refractivity contribution in [2.75, 3.05) is 12.4 Å². The Bertz CT molecular complexity index is 490. The zero-order valence-corrected chi connectivity index (χ0v) is 12.0. The number of nitrogens with one attached hydrogen (secondary N) is 3. The van der Waals surface area contributed by atoms with Crippen molar-refractivity contribution in [3.8, 4) is 0 Å². The van der Waals surface area contributed by atoms with Gasteiger partial charge in [-0.05, 0) is 45.4 Å². The quantitative estimate of drug-likeness (QED) is 0.766. The van der Waals surface area contributed by atoms with Gasteiger partial charge in [-0.1, -0.05) is 6.07 Å². The lowest BCUT2D eigenvalue weighted by Crippen LogP contribution is -2.43. The van der Waals surface area contributed by atoms with E-state index in [1.165, 1.54) is 0 Å². The minimum atomic E-state index is -0.309. The zero-order chi connectivity index (χ0) is 14.6. The molecule has 0 saturated carbocycles. The molecule has 0 radical (unpaired) electrons. The SMILES string of the molecule is CNC(=O)c1cccc(NC(=O)NC(C)(C)C)c1C. The number of urea groups is 1. The maximum Gasteiger partial charge on any atom is 0.319 e. The van der Waals surface area contributed by atoms with Gasteiger partial charge in [0.25, 0.3) is 5.91 Å². The van der Waals surface area contributed by atoms with Crippen molar-refractivity contribution in [3.05, 3.63) is 29.3 Å². The molecule has 5 heteroatoms. The van der Waals surface area contributed by atoms with Gasteiger partial charge in [0.2, 0.25) is 0 Å². The maximum absolute atomic E-state index is 11.8. The van der Waals surface area contributed by atoms with Crippen LogP contribution in [0.15, 0.2) is 18.2 Å². The van der Waals surface area contributed by atoms with Gasteiger partial charge in [-0.2, -0.15) is 0 Å². The molecule has 0 bridgehead atoms. The van der Waals surface area contributed by atoms with Crippen molar-refractivity contribution in [3.63, 3.8) is 0 Å². The third kappa shape index (κ3) is 4.28. The highest BCUT2D eigenvalue weighted by atomic mass is 16.2. The van der Waals surface area contributed by atoms with Crippen LogP contribution in [-0.4, -0.2) is 24.5 Å². The molecular weight excluding hydrogens is 242 g/mol. The topological polar surface area (TPSA) is 70.2 Å². The van der Waals surface area contributed by atoms with Crippen molar-refractivity contribution in [2.45, 2.75) is 33.2 Å². The molecule has 19 heavy (non-hydrogen) atoms. The molecule has 0 heterocycles. The molecule has 0 aliphatic carbocycles. The Balaban J connectivity index is 2.91. The van der Waals surface area contributed by atoms with Gasteiger partial charge in [0, 0.05) is 23.8 Å². The molecule has 3 N–H and O–H groups in total. The molecule has 0 aliphatic rings. The van der Waals surface area contributed by atoms with Crippen molar-refractivity contribution in [1.82, 2.24) is 10.6 Å². The Morgan fingerprint density at radius 3 is 2.32 bits per heavy atom. The van der Waals surface area contributed by atoms with Crippen LogP contribution in [0, 0.1) is 6.92 Å². The molecule has 1 rings (SSSR count). The summed E-state index contributed by atoms with van der Waals surface area (Å²) in [5.41, 5.74) is 1.61. The molecule has 0 fully saturated rings. The number of benzene rings is 1. The molecule has 104 valence electrons. The van der Waals surface area contributed by atoms with Gasteiger partial charge >= 0.3 is 6.03 Å². The summed E-state index contributed by atoms with van der Waals surface area (Å²) in [4.78, 5) is 23.5. The Kier molecular flexibility index (Phi) is 4.53. The third-order valence-corrected chi connectivity index (χ3v) is 2.54. The summed E-state index contributed by atoms with van der Waals surface area (Å²) in [5, 5.41) is 8.14. The molecule has 0 atom stereocenters. The average Bonchev–Trinajstić information content (AvgIpc) is 2.28. The largest absolute Gasteiger partial charge is 0.355 e. The normalized spacial score (nSPS) is 10.8. The highest BCUT2D eigenvalue weighted by Gasteiger charge is 2.16. The van der Waals surface area contributed by atoms with E-state index in [0.29, 0.717) is 11.3 Å². The summed E-state index contributed by atoms with van der Waals surface area (Å²) in [6.07, 6.45) is 0. The molecule has 0 spiro atoms.